The van der Waals surface area contributed by atoms with Gasteiger partial charge in [0.25, 0.3) is 5.91 Å². The summed E-state index contributed by atoms with van der Waals surface area (Å²) in [6.07, 6.45) is 0. The largest absolute Gasteiger partial charge is 0.326 e. The Balaban J connectivity index is 1.46. The first-order valence-electron chi connectivity index (χ1n) is 11.5. The van der Waals surface area contributed by atoms with Gasteiger partial charge in [-0.15, -0.1) is 11.8 Å². The van der Waals surface area contributed by atoms with Crippen LogP contribution in [-0.2, 0) is 9.59 Å². The minimum absolute atomic E-state index is 0.165. The van der Waals surface area contributed by atoms with Crippen LogP contribution >= 0.6 is 35.0 Å². The number of rotatable bonds is 8. The number of halogens is 2. The number of carbonyl (C=O) groups excluding carboxylic acids is 3. The van der Waals surface area contributed by atoms with Crippen LogP contribution in [0.4, 0.5) is 17.1 Å². The lowest BCUT2D eigenvalue weighted by molar-refractivity contribution is -0.116. The van der Waals surface area contributed by atoms with Crippen molar-refractivity contribution >= 4 is 69.7 Å². The molecule has 3 amide bonds. The van der Waals surface area contributed by atoms with E-state index in [1.54, 1.807) is 48.5 Å². The standard InChI is InChI=1S/C29H23Cl2N3O3S/c1-18(35)32-21-8-10-22(11-9-21)34-29(37)27(19-5-3-2-4-6-19)38-24-14-12-23(13-15-24)33-28(36)25-16-7-20(30)17-26(25)31/h2-17,27H,1H3,(H,32,35)(H,33,36)(H,34,37). The third kappa shape index (κ3) is 7.38. The molecule has 0 bridgehead atoms. The van der Waals surface area contributed by atoms with Crippen molar-refractivity contribution in [2.75, 3.05) is 16.0 Å². The van der Waals surface area contributed by atoms with E-state index in [0.717, 1.165) is 10.5 Å². The molecule has 0 saturated carbocycles. The number of benzene rings is 4. The van der Waals surface area contributed by atoms with Crippen molar-refractivity contribution in [2.24, 2.45) is 0 Å². The van der Waals surface area contributed by atoms with E-state index >= 15 is 0 Å². The zero-order valence-electron chi connectivity index (χ0n) is 20.2. The van der Waals surface area contributed by atoms with Gasteiger partial charge in [0.2, 0.25) is 11.8 Å². The fraction of sp³-hybridized carbons (Fsp3) is 0.0690. The smallest absolute Gasteiger partial charge is 0.257 e. The van der Waals surface area contributed by atoms with E-state index in [4.69, 9.17) is 23.2 Å². The first kappa shape index (κ1) is 27.3. The molecule has 0 radical (unpaired) electrons. The van der Waals surface area contributed by atoms with Crippen molar-refractivity contribution in [2.45, 2.75) is 17.1 Å². The fourth-order valence-electron chi connectivity index (χ4n) is 3.57. The highest BCUT2D eigenvalue weighted by molar-refractivity contribution is 8.00. The number of anilines is 3. The molecule has 1 unspecified atom stereocenters. The zero-order valence-corrected chi connectivity index (χ0v) is 22.5. The number of hydrogen-bond acceptors (Lipinski definition) is 4. The van der Waals surface area contributed by atoms with Gasteiger partial charge in [-0.1, -0.05) is 53.5 Å². The summed E-state index contributed by atoms with van der Waals surface area (Å²) in [5.41, 5.74) is 3.02. The van der Waals surface area contributed by atoms with E-state index in [2.05, 4.69) is 16.0 Å². The van der Waals surface area contributed by atoms with Crippen molar-refractivity contribution in [1.82, 2.24) is 0 Å². The van der Waals surface area contributed by atoms with Crippen LogP contribution in [0.1, 0.15) is 28.1 Å². The third-order valence-electron chi connectivity index (χ3n) is 5.36. The molecule has 0 fully saturated rings. The molecule has 1 atom stereocenters. The van der Waals surface area contributed by atoms with Crippen molar-refractivity contribution < 1.29 is 14.4 Å². The number of thioether (sulfide) groups is 1. The maximum Gasteiger partial charge on any atom is 0.257 e. The van der Waals surface area contributed by atoms with Crippen LogP contribution in [0.2, 0.25) is 10.0 Å². The van der Waals surface area contributed by atoms with Gasteiger partial charge in [-0.3, -0.25) is 14.4 Å². The molecule has 0 saturated heterocycles. The maximum atomic E-state index is 13.3. The molecule has 4 aromatic carbocycles. The lowest BCUT2D eigenvalue weighted by atomic mass is 10.1. The minimum atomic E-state index is -0.528. The SMILES string of the molecule is CC(=O)Nc1ccc(NC(=O)C(Sc2ccc(NC(=O)c3ccc(Cl)cc3Cl)cc2)c2ccccc2)cc1. The molecule has 0 aromatic heterocycles. The molecule has 4 rings (SSSR count). The molecular formula is C29H23Cl2N3O3S. The number of hydrogen-bond donors (Lipinski definition) is 3. The zero-order chi connectivity index (χ0) is 27.1. The van der Waals surface area contributed by atoms with Gasteiger partial charge in [-0.05, 0) is 72.3 Å². The second-order valence-electron chi connectivity index (χ2n) is 8.26. The quantitative estimate of drug-likeness (QED) is 0.192. The molecule has 0 spiro atoms. The maximum absolute atomic E-state index is 13.3. The lowest BCUT2D eigenvalue weighted by Crippen LogP contribution is -2.19. The van der Waals surface area contributed by atoms with Crippen LogP contribution in [0, 0.1) is 0 Å². The Morgan fingerprint density at radius 1 is 0.711 bits per heavy atom. The molecule has 3 N–H and O–H groups in total. The van der Waals surface area contributed by atoms with Crippen LogP contribution in [0.3, 0.4) is 0 Å². The summed E-state index contributed by atoms with van der Waals surface area (Å²) in [4.78, 5) is 38.0. The summed E-state index contributed by atoms with van der Waals surface area (Å²) < 4.78 is 0. The molecule has 38 heavy (non-hydrogen) atoms. The Morgan fingerprint density at radius 2 is 1.29 bits per heavy atom. The normalized spacial score (nSPS) is 11.3. The van der Waals surface area contributed by atoms with Crippen molar-refractivity contribution in [3.8, 4) is 0 Å². The van der Waals surface area contributed by atoms with E-state index in [1.165, 1.54) is 24.8 Å². The Labute approximate surface area is 234 Å². The van der Waals surface area contributed by atoms with Gasteiger partial charge >= 0.3 is 0 Å². The van der Waals surface area contributed by atoms with Crippen LogP contribution in [0.15, 0.2) is 102 Å². The van der Waals surface area contributed by atoms with Gasteiger partial charge in [-0.25, -0.2) is 0 Å². The molecular weight excluding hydrogens is 541 g/mol. The highest BCUT2D eigenvalue weighted by Gasteiger charge is 2.22. The summed E-state index contributed by atoms with van der Waals surface area (Å²) in [6.45, 7) is 1.44. The van der Waals surface area contributed by atoms with Gasteiger partial charge in [0.05, 0.1) is 10.6 Å². The average Bonchev–Trinajstić information content (AvgIpc) is 2.89. The fourth-order valence-corrected chi connectivity index (χ4v) is 5.09. The highest BCUT2D eigenvalue weighted by atomic mass is 35.5. The van der Waals surface area contributed by atoms with Crippen molar-refractivity contribution in [1.29, 1.82) is 0 Å². The predicted octanol–water partition coefficient (Wildman–Crippen LogP) is 7.68. The summed E-state index contributed by atoms with van der Waals surface area (Å²) in [6, 6.07) is 28.3. The molecule has 9 heteroatoms. The van der Waals surface area contributed by atoms with Crippen molar-refractivity contribution in [3.63, 3.8) is 0 Å². The Kier molecular flexibility index (Phi) is 9.07. The van der Waals surface area contributed by atoms with E-state index in [1.807, 2.05) is 42.5 Å². The molecule has 4 aromatic rings. The van der Waals surface area contributed by atoms with E-state index in [0.29, 0.717) is 27.6 Å². The predicted molar refractivity (Wildman–Crippen MR) is 155 cm³/mol. The van der Waals surface area contributed by atoms with Crippen molar-refractivity contribution in [3.05, 3.63) is 118 Å². The van der Waals surface area contributed by atoms with E-state index < -0.39 is 5.25 Å². The first-order valence-corrected chi connectivity index (χ1v) is 13.2. The van der Waals surface area contributed by atoms with Crippen LogP contribution in [-0.4, -0.2) is 17.7 Å². The Bertz CT molecular complexity index is 1450. The van der Waals surface area contributed by atoms with Gasteiger partial charge < -0.3 is 16.0 Å². The minimum Gasteiger partial charge on any atom is -0.326 e. The third-order valence-corrected chi connectivity index (χ3v) is 7.17. The van der Waals surface area contributed by atoms with Gasteiger partial charge in [0.1, 0.15) is 5.25 Å². The van der Waals surface area contributed by atoms with E-state index in [9.17, 15) is 14.4 Å². The summed E-state index contributed by atoms with van der Waals surface area (Å²) in [5, 5.41) is 8.67. The molecule has 6 nitrogen and oxygen atoms in total. The summed E-state index contributed by atoms with van der Waals surface area (Å²) >= 11 is 13.4. The van der Waals surface area contributed by atoms with Crippen LogP contribution < -0.4 is 16.0 Å². The van der Waals surface area contributed by atoms with E-state index in [-0.39, 0.29) is 22.7 Å². The van der Waals surface area contributed by atoms with Crippen LogP contribution in [0.5, 0.6) is 0 Å². The van der Waals surface area contributed by atoms with Gasteiger partial charge in [0.15, 0.2) is 0 Å². The average molecular weight is 564 g/mol. The van der Waals surface area contributed by atoms with Gasteiger partial charge in [-0.2, -0.15) is 0 Å². The highest BCUT2D eigenvalue weighted by Crippen LogP contribution is 2.37. The topological polar surface area (TPSA) is 87.3 Å². The van der Waals surface area contributed by atoms with Crippen LogP contribution in [0.25, 0.3) is 0 Å². The summed E-state index contributed by atoms with van der Waals surface area (Å²) in [5.74, 6) is -0.706. The summed E-state index contributed by atoms with van der Waals surface area (Å²) in [7, 11) is 0. The molecule has 0 aliphatic rings. The Hall–Kier alpha value is -3.78. The second kappa shape index (κ2) is 12.6. The molecule has 192 valence electrons. The second-order valence-corrected chi connectivity index (χ2v) is 10.3. The molecule has 0 aliphatic heterocycles. The number of amides is 3. The lowest BCUT2D eigenvalue weighted by Gasteiger charge is -2.18. The molecule has 0 heterocycles. The van der Waals surface area contributed by atoms with Gasteiger partial charge in [0, 0.05) is 33.9 Å². The number of carbonyl (C=O) groups is 3. The first-order chi connectivity index (χ1) is 18.3. The Morgan fingerprint density at radius 3 is 1.89 bits per heavy atom. The number of nitrogens with one attached hydrogen (secondary N) is 3. The monoisotopic (exact) mass is 563 g/mol. The molecule has 0 aliphatic carbocycles.